The zero-order chi connectivity index (χ0) is 89.4. The number of amides is 8. The summed E-state index contributed by atoms with van der Waals surface area (Å²) in [5.41, 5.74) is 60.7. The summed E-state index contributed by atoms with van der Waals surface area (Å²) in [4.78, 5) is 153. The molecule has 1 aromatic rings. The van der Waals surface area contributed by atoms with E-state index in [1.807, 2.05) is 30.3 Å². The molecule has 0 aliphatic carbocycles. The van der Waals surface area contributed by atoms with Crippen molar-refractivity contribution in [3.8, 4) is 12.3 Å². The highest BCUT2D eigenvalue weighted by Gasteiger charge is 2.19. The normalized spacial score (nSPS) is 12.1. The van der Waals surface area contributed by atoms with Crippen LogP contribution in [0.3, 0.4) is 0 Å². The first kappa shape index (κ1) is 115. The van der Waals surface area contributed by atoms with Gasteiger partial charge in [0.15, 0.2) is 0 Å². The lowest BCUT2D eigenvalue weighted by atomic mass is 10.1. The van der Waals surface area contributed by atoms with Crippen molar-refractivity contribution in [2.45, 2.75) is 159 Å². The second-order valence-electron chi connectivity index (χ2n) is 26.6. The van der Waals surface area contributed by atoms with Gasteiger partial charge >= 0.3 is 35.8 Å². The molecule has 0 radical (unpaired) electrons. The van der Waals surface area contributed by atoms with Crippen LogP contribution in [-0.4, -0.2) is 334 Å². The number of nitrogens with zero attached hydrogens (tertiary/aromatic N) is 6. The van der Waals surface area contributed by atoms with E-state index in [1.54, 1.807) is 0 Å². The number of likely N-dealkylation sites (N-methyl/N-ethyl adjacent to an activating group) is 6. The van der Waals surface area contributed by atoms with Crippen molar-refractivity contribution in [2.24, 2.45) is 45.9 Å². The van der Waals surface area contributed by atoms with Crippen molar-refractivity contribution in [3.05, 3.63) is 35.9 Å². The Kier molecular flexibility index (Phi) is 75.1. The highest BCUT2D eigenvalue weighted by molar-refractivity contribution is 5.81. The van der Waals surface area contributed by atoms with Crippen LogP contribution in [0.15, 0.2) is 30.3 Å². The van der Waals surface area contributed by atoms with E-state index in [4.69, 9.17) is 82.9 Å². The Morgan fingerprint density at radius 3 is 0.836 bits per heavy atom. The third kappa shape index (κ3) is 87.0. The van der Waals surface area contributed by atoms with Crippen LogP contribution in [-0.2, 0) is 73.7 Å². The average molecular weight is 1660 g/mol. The lowest BCUT2D eigenvalue weighted by molar-refractivity contribution is -0.141. The summed E-state index contributed by atoms with van der Waals surface area (Å²) < 4.78 is 0. The second kappa shape index (κ2) is 75.7. The Morgan fingerprint density at radius 2 is 0.595 bits per heavy atom. The molecule has 0 fully saturated rings. The van der Waals surface area contributed by atoms with Crippen molar-refractivity contribution in [3.63, 3.8) is 0 Å². The predicted molar refractivity (Wildman–Crippen MR) is 433 cm³/mol. The Balaban J connectivity index is -0.000000426. The van der Waals surface area contributed by atoms with E-state index in [9.17, 15) is 67.1 Å². The molecule has 1 rings (SSSR count). The van der Waals surface area contributed by atoms with Crippen molar-refractivity contribution in [2.75, 3.05) is 154 Å². The molecule has 46 heteroatoms. The van der Waals surface area contributed by atoms with Crippen LogP contribution in [0.4, 0.5) is 0 Å². The third-order valence-corrected chi connectivity index (χ3v) is 14.4. The number of benzene rings is 1. The zero-order valence-electron chi connectivity index (χ0n) is 68.7. The largest absolute Gasteiger partial charge is 0.480 e. The van der Waals surface area contributed by atoms with Gasteiger partial charge in [-0.2, -0.15) is 0 Å². The number of aliphatic carboxylic acids is 6. The first-order chi connectivity index (χ1) is 54.5. The van der Waals surface area contributed by atoms with E-state index in [1.165, 1.54) is 80.7 Å². The first-order valence-electron chi connectivity index (χ1n) is 37.6. The summed E-state index contributed by atoms with van der Waals surface area (Å²) >= 11 is 0. The fourth-order valence-electron chi connectivity index (χ4n) is 9.05. The smallest absolute Gasteiger partial charge is 0.319 e. The summed E-state index contributed by atoms with van der Waals surface area (Å²) in [6.45, 7) is 9.28. The minimum Gasteiger partial charge on any atom is -0.480 e. The number of carbonyl (C=O) groups excluding carboxylic acids is 8. The van der Waals surface area contributed by atoms with Crippen LogP contribution in [0.2, 0.25) is 0 Å². The molecule has 8 amide bonds. The van der Waals surface area contributed by atoms with Crippen LogP contribution in [0.5, 0.6) is 0 Å². The van der Waals surface area contributed by atoms with E-state index < -0.39 is 47.9 Å². The number of unbranched alkanes of at least 4 members (excludes halogenated alkanes) is 2. The standard InChI is InChI=1S/C15H24N4O3.C13H28N4O3.C11H24N4O3.C11H20N4O3.2C10H21N5O4/c1-19(11-15(21)22)18-14(20)9-13(16)7-8-17-10-12-5-3-2-4-6-12;1-3-4-5-7-15-8-6-11(14)9-12(18)16-17(2)10-13(19)20;2*1-3-5-13-6-4-9(12)7-10(16)14-15(2)8-11(17)18;2*1-15(6-10(18)19)14-8(16)4-7(12)2-3-13-9(17)5-11/h2-6,13,17H,7-11,16H2,1H3,(H,18,20)(H,21,22);11,15H,3-10,14H2,1-2H3,(H,16,18)(H,19,20);9,13H,3-8,12H2,1-2H3,(H,14,16)(H,17,18);1,9,13H,4-8,12H2,2H3,(H,14,16)(H,17,18);2*7H,2-6,11-12H2,1H3,(H,13,17)(H,14,16)(H,18,19)/t13-;11-;2*9-;2*7-/m000000/s1. The molecule has 0 aromatic heterocycles. The van der Waals surface area contributed by atoms with Gasteiger partial charge in [-0.3, -0.25) is 99.7 Å². The predicted octanol–water partition coefficient (Wildman–Crippen LogP) is -8.21. The highest BCUT2D eigenvalue weighted by atomic mass is 16.4. The molecule has 668 valence electrons. The maximum atomic E-state index is 11.7. The van der Waals surface area contributed by atoms with Crippen molar-refractivity contribution in [1.82, 2.24) is 94.5 Å². The summed E-state index contributed by atoms with van der Waals surface area (Å²) in [6, 6.07) is 8.21. The van der Waals surface area contributed by atoms with Gasteiger partial charge in [0.25, 0.3) is 0 Å². The molecule has 0 bridgehead atoms. The van der Waals surface area contributed by atoms with Gasteiger partial charge in [-0.15, -0.1) is 6.42 Å². The van der Waals surface area contributed by atoms with Gasteiger partial charge in [-0.1, -0.05) is 62.9 Å². The molecule has 34 N–H and O–H groups in total. The fourth-order valence-corrected chi connectivity index (χ4v) is 9.05. The molecule has 6 atom stereocenters. The quantitative estimate of drug-likeness (QED) is 0.0164. The van der Waals surface area contributed by atoms with Crippen LogP contribution < -0.4 is 110 Å². The van der Waals surface area contributed by atoms with Gasteiger partial charge < -0.3 is 108 Å². The molecule has 116 heavy (non-hydrogen) atoms. The number of nitrogens with two attached hydrogens (primary N) is 8. The lowest BCUT2D eigenvalue weighted by Gasteiger charge is -2.17. The summed E-state index contributed by atoms with van der Waals surface area (Å²) in [6.07, 6.45) is 14.1. The monoisotopic (exact) mass is 1660 g/mol. The average Bonchev–Trinajstić information content (AvgIpc) is 0.974. The van der Waals surface area contributed by atoms with Gasteiger partial charge in [0.05, 0.1) is 19.6 Å². The molecule has 0 heterocycles. The van der Waals surface area contributed by atoms with Gasteiger partial charge in [0, 0.05) is 137 Å². The number of carboxylic acid groups (broad SMARTS) is 6. The topological polar surface area (TPSA) is 732 Å². The summed E-state index contributed by atoms with van der Waals surface area (Å²) in [5.74, 6) is -6.07. The molecule has 0 spiro atoms. The Labute approximate surface area is 680 Å². The maximum Gasteiger partial charge on any atom is 0.319 e. The SMILES string of the molecule is C#CCNCC[C@H](N)CC(=O)NN(C)CC(=O)O.CCCCCNCC[C@H](N)CC(=O)NN(C)CC(=O)O.CCCNCC[C@H](N)CC(=O)NN(C)CC(=O)O.CN(CC(=O)O)NC(=O)C[C@@H](N)CCNC(=O)CN.CN(CC(=O)O)NC(=O)C[C@@H](N)CCNC(=O)CN.CN(CC(=O)O)NC(=O)C[C@@H](N)CCNCc1ccccc1. The van der Waals surface area contributed by atoms with Gasteiger partial charge in [-0.25, -0.2) is 30.1 Å². The first-order valence-corrected chi connectivity index (χ1v) is 37.6. The van der Waals surface area contributed by atoms with Crippen LogP contribution in [0.25, 0.3) is 0 Å². The number of rotatable bonds is 59. The lowest BCUT2D eigenvalue weighted by Crippen LogP contribution is -2.44. The number of hydrogen-bond acceptors (Lipinski definition) is 32. The van der Waals surface area contributed by atoms with E-state index >= 15 is 0 Å². The second-order valence-corrected chi connectivity index (χ2v) is 26.6. The maximum absolute atomic E-state index is 11.7. The minimum atomic E-state index is -1.04. The van der Waals surface area contributed by atoms with Gasteiger partial charge in [0.2, 0.25) is 47.3 Å². The molecule has 1 aromatic carbocycles. The number of nitrogens with one attached hydrogen (secondary N) is 12. The fraction of sp³-hybridized carbons (Fsp3) is 0.686. The van der Waals surface area contributed by atoms with Crippen molar-refractivity contribution in [1.29, 1.82) is 0 Å². The number of terminal acetylenes is 1. The zero-order valence-corrected chi connectivity index (χ0v) is 68.7. The molecule has 0 saturated carbocycles. The third-order valence-electron chi connectivity index (χ3n) is 14.4. The molecule has 0 aliphatic rings. The van der Waals surface area contributed by atoms with Crippen LogP contribution in [0.1, 0.15) is 122 Å². The number of carbonyl (C=O) groups is 14. The number of carboxylic acids is 6. The minimum absolute atomic E-state index is 0.0441. The van der Waals surface area contributed by atoms with E-state index in [-0.39, 0.29) is 162 Å². The number of hydrazine groups is 6. The molecular weight excluding hydrogens is 1520 g/mol. The molecular formula is C70H138N26O20. The molecule has 46 nitrogen and oxygen atoms in total. The molecule has 0 unspecified atom stereocenters. The van der Waals surface area contributed by atoms with Gasteiger partial charge in [0.1, 0.15) is 39.3 Å². The van der Waals surface area contributed by atoms with Crippen molar-refractivity contribution >= 4 is 83.1 Å². The number of hydrogen-bond donors (Lipinski definition) is 26. The Morgan fingerprint density at radius 1 is 0.345 bits per heavy atom. The van der Waals surface area contributed by atoms with E-state index in [0.29, 0.717) is 58.4 Å². The van der Waals surface area contributed by atoms with Crippen molar-refractivity contribution < 1.29 is 97.8 Å². The Hall–Kier alpha value is -9.36. The van der Waals surface area contributed by atoms with E-state index in [2.05, 4.69) is 84.2 Å². The summed E-state index contributed by atoms with van der Waals surface area (Å²) in [7, 11) is 8.87. The van der Waals surface area contributed by atoms with Gasteiger partial charge in [-0.05, 0) is 96.2 Å². The summed E-state index contributed by atoms with van der Waals surface area (Å²) in [5, 5.41) is 76.2. The molecule has 0 aliphatic heterocycles. The highest BCUT2D eigenvalue weighted by Crippen LogP contribution is 2.02. The molecule has 0 saturated heterocycles. The van der Waals surface area contributed by atoms with Crippen LogP contribution >= 0.6 is 0 Å². The van der Waals surface area contributed by atoms with Crippen LogP contribution in [0, 0.1) is 12.3 Å². The Bertz CT molecular complexity index is 2890. The van der Waals surface area contributed by atoms with E-state index in [0.717, 1.165) is 68.4 Å².